The van der Waals surface area contributed by atoms with Gasteiger partial charge in [0.1, 0.15) is 11.5 Å². The molecule has 0 aliphatic carbocycles. The fourth-order valence-corrected chi connectivity index (χ4v) is 1.62. The molecule has 0 atom stereocenters. The molecule has 0 heterocycles. The molecule has 0 spiro atoms. The van der Waals surface area contributed by atoms with E-state index in [1.165, 1.54) is 27.2 Å². The Morgan fingerprint density at radius 3 is 2.38 bits per heavy atom. The number of carbonyl (C=O) groups is 1. The first-order chi connectivity index (χ1) is 7.51. The summed E-state index contributed by atoms with van der Waals surface area (Å²) in [5.74, 6) is -0.506. The molecular weight excluding hydrogens is 235 g/mol. The molecule has 0 N–H and O–H groups in total. The molecule has 0 aliphatic heterocycles. The quantitative estimate of drug-likeness (QED) is 0.819. The van der Waals surface area contributed by atoms with Gasteiger partial charge in [-0.1, -0.05) is 11.6 Å². The third kappa shape index (κ3) is 2.44. The monoisotopic (exact) mass is 246 g/mol. The van der Waals surface area contributed by atoms with Gasteiger partial charge in [0, 0.05) is 18.1 Å². The summed E-state index contributed by atoms with van der Waals surface area (Å²) in [5.41, 5.74) is 0.102. The van der Waals surface area contributed by atoms with Crippen LogP contribution in [0.5, 0.6) is 11.5 Å². The highest BCUT2D eigenvalue weighted by Crippen LogP contribution is 2.36. The van der Waals surface area contributed by atoms with Crippen molar-refractivity contribution < 1.29 is 18.7 Å². The minimum atomic E-state index is -0.622. The average molecular weight is 247 g/mol. The third-order valence-corrected chi connectivity index (χ3v) is 2.50. The van der Waals surface area contributed by atoms with Crippen molar-refractivity contribution in [2.24, 2.45) is 0 Å². The fraction of sp³-hybridized carbons (Fsp3) is 0.364. The molecule has 0 amide bonds. The Hall–Kier alpha value is -1.29. The van der Waals surface area contributed by atoms with E-state index in [0.717, 1.165) is 0 Å². The summed E-state index contributed by atoms with van der Waals surface area (Å²) >= 11 is 5.91. The molecule has 16 heavy (non-hydrogen) atoms. The molecule has 0 radical (unpaired) electrons. The molecule has 1 aromatic rings. The van der Waals surface area contributed by atoms with Crippen molar-refractivity contribution in [2.45, 2.75) is 13.3 Å². The van der Waals surface area contributed by atoms with Gasteiger partial charge in [0.2, 0.25) is 0 Å². The molecule has 3 nitrogen and oxygen atoms in total. The lowest BCUT2D eigenvalue weighted by molar-refractivity contribution is -0.116. The van der Waals surface area contributed by atoms with E-state index in [-0.39, 0.29) is 34.3 Å². The summed E-state index contributed by atoms with van der Waals surface area (Å²) in [4.78, 5) is 11.0. The van der Waals surface area contributed by atoms with Crippen molar-refractivity contribution in [1.29, 1.82) is 0 Å². The maximum Gasteiger partial charge on any atom is 0.170 e. The summed E-state index contributed by atoms with van der Waals surface area (Å²) in [5, 5.41) is 0.107. The Morgan fingerprint density at radius 1 is 1.38 bits per heavy atom. The predicted molar refractivity (Wildman–Crippen MR) is 58.9 cm³/mol. The minimum absolute atomic E-state index is 0.0116. The van der Waals surface area contributed by atoms with E-state index in [0.29, 0.717) is 0 Å². The smallest absolute Gasteiger partial charge is 0.170 e. The van der Waals surface area contributed by atoms with Gasteiger partial charge in [0.15, 0.2) is 11.6 Å². The molecule has 0 bridgehead atoms. The molecule has 0 fully saturated rings. The molecule has 5 heteroatoms. The second-order valence-electron chi connectivity index (χ2n) is 3.27. The molecule has 0 unspecified atom stereocenters. The standard InChI is InChI=1S/C11H12ClFO3/c1-6(14)4-7-10(12)8(15-2)5-9(16-3)11(7)13/h5H,4H2,1-3H3. The molecule has 0 saturated carbocycles. The zero-order valence-electron chi connectivity index (χ0n) is 9.27. The predicted octanol–water partition coefficient (Wildman–Crippen LogP) is 2.63. The number of methoxy groups -OCH3 is 2. The first-order valence-corrected chi connectivity index (χ1v) is 4.97. The Balaban J connectivity index is 3.36. The normalized spacial score (nSPS) is 10.1. The first-order valence-electron chi connectivity index (χ1n) is 4.59. The van der Waals surface area contributed by atoms with E-state index in [2.05, 4.69) is 0 Å². The Labute approximate surface area is 98.1 Å². The van der Waals surface area contributed by atoms with E-state index in [4.69, 9.17) is 21.1 Å². The molecular formula is C11H12ClFO3. The number of carbonyl (C=O) groups excluding carboxylic acids is 1. The van der Waals surface area contributed by atoms with Gasteiger partial charge in [-0.25, -0.2) is 4.39 Å². The number of hydrogen-bond donors (Lipinski definition) is 0. The van der Waals surface area contributed by atoms with Crippen molar-refractivity contribution >= 4 is 17.4 Å². The van der Waals surface area contributed by atoms with E-state index in [1.54, 1.807) is 0 Å². The summed E-state index contributed by atoms with van der Waals surface area (Å²) in [7, 11) is 2.75. The van der Waals surface area contributed by atoms with E-state index in [9.17, 15) is 9.18 Å². The van der Waals surface area contributed by atoms with Crippen LogP contribution in [0.4, 0.5) is 4.39 Å². The number of rotatable bonds is 4. The van der Waals surface area contributed by atoms with Crippen LogP contribution in [0, 0.1) is 5.82 Å². The zero-order chi connectivity index (χ0) is 12.3. The van der Waals surface area contributed by atoms with Gasteiger partial charge < -0.3 is 9.47 Å². The van der Waals surface area contributed by atoms with Crippen LogP contribution in [0.2, 0.25) is 5.02 Å². The van der Waals surface area contributed by atoms with Gasteiger partial charge in [-0.2, -0.15) is 0 Å². The van der Waals surface area contributed by atoms with Crippen LogP contribution >= 0.6 is 11.6 Å². The molecule has 0 aromatic heterocycles. The lowest BCUT2D eigenvalue weighted by Gasteiger charge is -2.12. The Morgan fingerprint density at radius 2 is 1.94 bits per heavy atom. The maximum absolute atomic E-state index is 13.8. The van der Waals surface area contributed by atoms with Crippen LogP contribution in [-0.2, 0) is 11.2 Å². The minimum Gasteiger partial charge on any atom is -0.495 e. The van der Waals surface area contributed by atoms with Crippen LogP contribution in [0.3, 0.4) is 0 Å². The van der Waals surface area contributed by atoms with Crippen LogP contribution in [0.1, 0.15) is 12.5 Å². The van der Waals surface area contributed by atoms with Gasteiger partial charge in [-0.15, -0.1) is 0 Å². The second kappa shape index (κ2) is 5.16. The highest BCUT2D eigenvalue weighted by molar-refractivity contribution is 6.33. The van der Waals surface area contributed by atoms with Crippen molar-refractivity contribution in [3.8, 4) is 11.5 Å². The lowest BCUT2D eigenvalue weighted by Crippen LogP contribution is -2.04. The van der Waals surface area contributed by atoms with E-state index in [1.807, 2.05) is 0 Å². The maximum atomic E-state index is 13.8. The highest BCUT2D eigenvalue weighted by atomic mass is 35.5. The number of ether oxygens (including phenoxy) is 2. The largest absolute Gasteiger partial charge is 0.495 e. The average Bonchev–Trinajstić information content (AvgIpc) is 2.24. The lowest BCUT2D eigenvalue weighted by atomic mass is 10.1. The van der Waals surface area contributed by atoms with Gasteiger partial charge in [-0.05, 0) is 6.92 Å². The zero-order valence-corrected chi connectivity index (χ0v) is 10.0. The first kappa shape index (κ1) is 12.8. The fourth-order valence-electron chi connectivity index (χ4n) is 1.34. The molecule has 1 rings (SSSR count). The van der Waals surface area contributed by atoms with Crippen LogP contribution in [0.15, 0.2) is 6.07 Å². The van der Waals surface area contributed by atoms with Crippen LogP contribution in [-0.4, -0.2) is 20.0 Å². The number of hydrogen-bond acceptors (Lipinski definition) is 3. The molecule has 88 valence electrons. The number of Topliss-reactive ketones (excluding diaryl/α,β-unsaturated/α-hetero) is 1. The van der Waals surface area contributed by atoms with E-state index < -0.39 is 5.82 Å². The third-order valence-electron chi connectivity index (χ3n) is 2.09. The van der Waals surface area contributed by atoms with Gasteiger partial charge in [0.05, 0.1) is 19.2 Å². The second-order valence-corrected chi connectivity index (χ2v) is 3.64. The summed E-state index contributed by atoms with van der Waals surface area (Å²) < 4.78 is 23.6. The molecule has 1 aromatic carbocycles. The number of benzene rings is 1. The highest BCUT2D eigenvalue weighted by Gasteiger charge is 2.19. The SMILES string of the molecule is COc1cc(OC)c(Cl)c(CC(C)=O)c1F. The topological polar surface area (TPSA) is 35.5 Å². The van der Waals surface area contributed by atoms with Gasteiger partial charge >= 0.3 is 0 Å². The van der Waals surface area contributed by atoms with Crippen molar-refractivity contribution in [1.82, 2.24) is 0 Å². The summed E-state index contributed by atoms with van der Waals surface area (Å²) in [6, 6.07) is 1.35. The van der Waals surface area contributed by atoms with E-state index >= 15 is 0 Å². The van der Waals surface area contributed by atoms with Crippen LogP contribution in [0.25, 0.3) is 0 Å². The number of ketones is 1. The van der Waals surface area contributed by atoms with Gasteiger partial charge in [0.25, 0.3) is 0 Å². The Bertz CT molecular complexity index is 390. The molecule has 0 aliphatic rings. The van der Waals surface area contributed by atoms with Crippen molar-refractivity contribution in [3.63, 3.8) is 0 Å². The van der Waals surface area contributed by atoms with Gasteiger partial charge in [-0.3, -0.25) is 4.79 Å². The summed E-state index contributed by atoms with van der Waals surface area (Å²) in [6.07, 6.45) is -0.0851. The molecule has 0 saturated heterocycles. The van der Waals surface area contributed by atoms with Crippen LogP contribution < -0.4 is 9.47 Å². The number of halogens is 2. The Kier molecular flexibility index (Phi) is 4.12. The summed E-state index contributed by atoms with van der Waals surface area (Å²) in [6.45, 7) is 1.36. The van der Waals surface area contributed by atoms with Crippen molar-refractivity contribution in [3.05, 3.63) is 22.5 Å². The van der Waals surface area contributed by atoms with Crippen molar-refractivity contribution in [2.75, 3.05) is 14.2 Å².